The van der Waals surface area contributed by atoms with Crippen LogP contribution in [0.15, 0.2) is 34.9 Å². The number of rotatable bonds is 10. The minimum atomic E-state index is -0.399. The van der Waals surface area contributed by atoms with Crippen molar-refractivity contribution in [1.82, 2.24) is 10.1 Å². The highest BCUT2D eigenvalue weighted by molar-refractivity contribution is 7.22. The van der Waals surface area contributed by atoms with E-state index in [1.807, 2.05) is 38.1 Å². The topological polar surface area (TPSA) is 95.7 Å². The number of hydrogen-bond donors (Lipinski definition) is 1. The summed E-state index contributed by atoms with van der Waals surface area (Å²) in [6.07, 6.45) is 6.00. The number of carbonyl (C=O) groups is 1. The van der Waals surface area contributed by atoms with Crippen molar-refractivity contribution < 1.29 is 23.5 Å². The van der Waals surface area contributed by atoms with Crippen LogP contribution >= 0.6 is 34.5 Å². The molecule has 2 aliphatic rings. The van der Waals surface area contributed by atoms with Crippen molar-refractivity contribution in [2.75, 3.05) is 12.4 Å². The van der Waals surface area contributed by atoms with Crippen LogP contribution in [0.3, 0.4) is 0 Å². The lowest BCUT2D eigenvalue weighted by Gasteiger charge is -2.29. The summed E-state index contributed by atoms with van der Waals surface area (Å²) in [7, 11) is 1.38. The van der Waals surface area contributed by atoms with E-state index >= 15 is 0 Å². The number of fused-ring (bicyclic) bond motifs is 1. The Hall–Kier alpha value is -2.85. The molecule has 11 heteroatoms. The zero-order chi connectivity index (χ0) is 29.4. The number of methoxy groups -OCH3 is 1. The molecule has 0 radical (unpaired) electrons. The third-order valence-electron chi connectivity index (χ3n) is 7.68. The van der Waals surface area contributed by atoms with Gasteiger partial charge in [0, 0.05) is 23.1 Å². The fourth-order valence-electron chi connectivity index (χ4n) is 5.44. The molecule has 2 fully saturated rings. The van der Waals surface area contributed by atoms with E-state index in [9.17, 15) is 4.79 Å². The molecular weight excluding hydrogens is 597 g/mol. The maximum atomic E-state index is 12.2. The minimum absolute atomic E-state index is 0.0505. The first kappa shape index (κ1) is 29.2. The van der Waals surface area contributed by atoms with Crippen molar-refractivity contribution >= 4 is 55.9 Å². The van der Waals surface area contributed by atoms with Crippen molar-refractivity contribution in [2.45, 2.75) is 83.1 Å². The molecule has 2 aliphatic carbocycles. The molecule has 0 atom stereocenters. The number of nitrogens with one attached hydrogen (secondary N) is 1. The Morgan fingerprint density at radius 2 is 1.86 bits per heavy atom. The van der Waals surface area contributed by atoms with Crippen LogP contribution < -0.4 is 10.1 Å². The van der Waals surface area contributed by atoms with Gasteiger partial charge in [0.05, 0.1) is 46.2 Å². The van der Waals surface area contributed by atoms with Gasteiger partial charge in [0.25, 0.3) is 0 Å². The van der Waals surface area contributed by atoms with Gasteiger partial charge < -0.3 is 24.1 Å². The van der Waals surface area contributed by atoms with Gasteiger partial charge in [-0.25, -0.2) is 9.78 Å². The Bertz CT molecular complexity index is 1570. The fourth-order valence-corrected chi connectivity index (χ4v) is 7.01. The smallest absolute Gasteiger partial charge is 0.338 e. The molecular formula is C31H33Cl2N3O5S. The molecule has 8 nitrogen and oxygen atoms in total. The predicted molar refractivity (Wildman–Crippen MR) is 165 cm³/mol. The van der Waals surface area contributed by atoms with Gasteiger partial charge >= 0.3 is 5.97 Å². The molecule has 42 heavy (non-hydrogen) atoms. The highest BCUT2D eigenvalue weighted by atomic mass is 35.5. The van der Waals surface area contributed by atoms with Crippen LogP contribution in [0.1, 0.15) is 80.0 Å². The van der Waals surface area contributed by atoms with Crippen molar-refractivity contribution in [3.8, 4) is 17.0 Å². The first-order chi connectivity index (χ1) is 20.3. The number of aromatic nitrogens is 2. The summed E-state index contributed by atoms with van der Waals surface area (Å²) < 4.78 is 24.0. The van der Waals surface area contributed by atoms with Gasteiger partial charge in [0.15, 0.2) is 5.13 Å². The molecule has 0 bridgehead atoms. The van der Waals surface area contributed by atoms with Crippen molar-refractivity contribution in [2.24, 2.45) is 0 Å². The normalized spacial score (nSPS) is 18.9. The quantitative estimate of drug-likeness (QED) is 0.174. The third kappa shape index (κ3) is 6.25. The summed E-state index contributed by atoms with van der Waals surface area (Å²) in [5.74, 6) is 1.46. The highest BCUT2D eigenvalue weighted by Crippen LogP contribution is 2.46. The zero-order valence-corrected chi connectivity index (χ0v) is 26.1. The Morgan fingerprint density at radius 3 is 2.52 bits per heavy atom. The Morgan fingerprint density at radius 1 is 1.12 bits per heavy atom. The number of carbonyl (C=O) groups excluding carboxylic acids is 1. The van der Waals surface area contributed by atoms with Crippen LogP contribution in [-0.2, 0) is 16.1 Å². The third-order valence-corrected chi connectivity index (χ3v) is 9.24. The molecule has 0 saturated heterocycles. The summed E-state index contributed by atoms with van der Waals surface area (Å²) in [4.78, 5) is 17.0. The number of ether oxygens (including phenoxy) is 3. The summed E-state index contributed by atoms with van der Waals surface area (Å²) in [6, 6.07) is 9.24. The van der Waals surface area contributed by atoms with Crippen LogP contribution in [-0.4, -0.2) is 41.5 Å². The molecule has 2 aromatic carbocycles. The first-order valence-electron chi connectivity index (χ1n) is 14.3. The molecule has 2 aromatic heterocycles. The van der Waals surface area contributed by atoms with Gasteiger partial charge in [-0.2, -0.15) is 0 Å². The first-order valence-corrected chi connectivity index (χ1v) is 15.9. The number of benzene rings is 2. The van der Waals surface area contributed by atoms with Gasteiger partial charge in [0.1, 0.15) is 22.7 Å². The second-order valence-corrected chi connectivity index (χ2v) is 13.0. The van der Waals surface area contributed by atoms with Crippen LogP contribution in [0.2, 0.25) is 10.0 Å². The van der Waals surface area contributed by atoms with E-state index in [1.165, 1.54) is 18.4 Å². The van der Waals surface area contributed by atoms with Crippen molar-refractivity contribution in [3.05, 3.63) is 57.3 Å². The molecule has 6 rings (SSSR count). The molecule has 2 saturated carbocycles. The molecule has 0 spiro atoms. The number of esters is 1. The number of nitrogens with zero attached hydrogens (tertiary/aromatic N) is 2. The average Bonchev–Trinajstić information content (AvgIpc) is 3.60. The molecule has 0 amide bonds. The largest absolute Gasteiger partial charge is 0.489 e. The van der Waals surface area contributed by atoms with E-state index < -0.39 is 5.97 Å². The van der Waals surface area contributed by atoms with Gasteiger partial charge in [-0.3, -0.25) is 0 Å². The van der Waals surface area contributed by atoms with Gasteiger partial charge in [-0.05, 0) is 76.6 Å². The Balaban J connectivity index is 1.11. The highest BCUT2D eigenvalue weighted by Gasteiger charge is 2.34. The zero-order valence-electron chi connectivity index (χ0n) is 23.7. The predicted octanol–water partition coefficient (Wildman–Crippen LogP) is 8.65. The monoisotopic (exact) mass is 629 g/mol. The molecule has 2 heterocycles. The second-order valence-electron chi connectivity index (χ2n) is 11.2. The van der Waals surface area contributed by atoms with E-state index in [0.29, 0.717) is 45.1 Å². The fraction of sp³-hybridized carbons (Fsp3) is 0.452. The standard InChI is InChI=1S/C31H33Cl2N3O5S/c1-16(2)40-24-13-18(30(37)38-3)14-25-28(24)35-31(42-25)34-19-9-11-20(12-10-19)39-15-21-27(36-41-29(21)17-7-8-17)26-22(32)5-4-6-23(26)33/h4-6,13-14,16-17,19-20H,7-12,15H2,1-3H3,(H,34,35). The maximum absolute atomic E-state index is 12.2. The van der Waals surface area contributed by atoms with Gasteiger partial charge in [0.2, 0.25) is 0 Å². The molecule has 222 valence electrons. The van der Waals surface area contributed by atoms with E-state index in [1.54, 1.807) is 6.07 Å². The Kier molecular flexibility index (Phi) is 8.63. The van der Waals surface area contributed by atoms with Crippen LogP contribution in [0, 0.1) is 0 Å². The van der Waals surface area contributed by atoms with Crippen LogP contribution in [0.25, 0.3) is 21.5 Å². The van der Waals surface area contributed by atoms with E-state index in [-0.39, 0.29) is 18.2 Å². The summed E-state index contributed by atoms with van der Waals surface area (Å²) in [5.41, 5.74) is 3.52. The lowest BCUT2D eigenvalue weighted by molar-refractivity contribution is 0.0145. The van der Waals surface area contributed by atoms with Gasteiger partial charge in [-0.1, -0.05) is 45.8 Å². The van der Waals surface area contributed by atoms with Crippen molar-refractivity contribution in [3.63, 3.8) is 0 Å². The number of thiazole rings is 1. The SMILES string of the molecule is COC(=O)c1cc(OC(C)C)c2nc(NC3CCC(OCc4c(-c5c(Cl)cccc5Cl)noc4C4CC4)CC3)sc2c1. The number of halogens is 2. The van der Waals surface area contributed by atoms with Crippen LogP contribution in [0.5, 0.6) is 5.75 Å². The molecule has 1 N–H and O–H groups in total. The summed E-state index contributed by atoms with van der Waals surface area (Å²) >= 11 is 14.5. The lowest BCUT2D eigenvalue weighted by atomic mass is 9.93. The average molecular weight is 631 g/mol. The second kappa shape index (κ2) is 12.4. The van der Waals surface area contributed by atoms with Gasteiger partial charge in [-0.15, -0.1) is 0 Å². The Labute approximate surface area is 258 Å². The number of anilines is 1. The van der Waals surface area contributed by atoms with E-state index in [2.05, 4.69) is 10.5 Å². The summed E-state index contributed by atoms with van der Waals surface area (Å²) in [6.45, 7) is 4.31. The maximum Gasteiger partial charge on any atom is 0.338 e. The van der Waals surface area contributed by atoms with E-state index in [4.69, 9.17) is 46.9 Å². The molecule has 0 unspecified atom stereocenters. The molecule has 4 aromatic rings. The number of hydrogen-bond acceptors (Lipinski definition) is 9. The molecule has 0 aliphatic heterocycles. The lowest BCUT2D eigenvalue weighted by Crippen LogP contribution is -2.29. The minimum Gasteiger partial charge on any atom is -0.489 e. The summed E-state index contributed by atoms with van der Waals surface area (Å²) in [5, 5.41) is 9.89. The van der Waals surface area contributed by atoms with Crippen molar-refractivity contribution in [1.29, 1.82) is 0 Å². The van der Waals surface area contributed by atoms with Crippen LogP contribution in [0.4, 0.5) is 5.13 Å². The van der Waals surface area contributed by atoms with E-state index in [0.717, 1.165) is 65.2 Å².